The van der Waals surface area contributed by atoms with E-state index in [4.69, 9.17) is 0 Å². The summed E-state index contributed by atoms with van der Waals surface area (Å²) in [5.74, 6) is 5.24. The van der Waals surface area contributed by atoms with Crippen molar-refractivity contribution in [2.45, 2.75) is 61.4 Å². The zero-order chi connectivity index (χ0) is 31.2. The number of nitrogens with one attached hydrogen (secondary N) is 2. The summed E-state index contributed by atoms with van der Waals surface area (Å²) in [5, 5.41) is 14.2. The Balaban J connectivity index is 1.31. The highest BCUT2D eigenvalue weighted by atomic mass is 32.2. The predicted molar refractivity (Wildman–Crippen MR) is 154 cm³/mol. The normalized spacial score (nSPS) is 21.2. The van der Waals surface area contributed by atoms with E-state index in [2.05, 4.69) is 32.7 Å². The van der Waals surface area contributed by atoms with Crippen LogP contribution >= 0.6 is 11.8 Å². The second kappa shape index (κ2) is 11.7. The average molecular weight is 642 g/mol. The molecule has 3 aromatic heterocycles. The van der Waals surface area contributed by atoms with Gasteiger partial charge in [0, 0.05) is 25.3 Å². The van der Waals surface area contributed by atoms with E-state index < -0.39 is 33.5 Å². The molecule has 3 aromatic rings. The van der Waals surface area contributed by atoms with Crippen LogP contribution in [0.2, 0.25) is 0 Å². The number of aromatic nitrogens is 4. The molecule has 5 heterocycles. The summed E-state index contributed by atoms with van der Waals surface area (Å²) in [6.45, 7) is 6.21. The fourth-order valence-corrected chi connectivity index (χ4v) is 7.15. The highest BCUT2D eigenvalue weighted by molar-refractivity contribution is 8.00. The van der Waals surface area contributed by atoms with Crippen molar-refractivity contribution in [2.24, 2.45) is 0 Å². The van der Waals surface area contributed by atoms with E-state index in [9.17, 15) is 26.4 Å². The number of amides is 1. The van der Waals surface area contributed by atoms with Crippen molar-refractivity contribution >= 4 is 38.8 Å². The van der Waals surface area contributed by atoms with E-state index in [-0.39, 0.29) is 64.0 Å². The zero-order valence-corrected chi connectivity index (χ0v) is 25.3. The number of hydrogen-bond donors (Lipinski definition) is 2. The van der Waals surface area contributed by atoms with Crippen LogP contribution in [0.25, 0.3) is 5.52 Å². The van der Waals surface area contributed by atoms with Gasteiger partial charge in [0.2, 0.25) is 0 Å². The third kappa shape index (κ3) is 7.27. The number of alkyl halides is 4. The number of rotatable bonds is 6. The minimum absolute atomic E-state index is 0.0273. The first kappa shape index (κ1) is 31.1. The van der Waals surface area contributed by atoms with Gasteiger partial charge in [-0.15, -0.1) is 0 Å². The summed E-state index contributed by atoms with van der Waals surface area (Å²) >= 11 is -0.345. The van der Waals surface area contributed by atoms with E-state index in [1.165, 1.54) is 16.8 Å². The minimum Gasteiger partial charge on any atom is -0.364 e. The Labute approximate surface area is 250 Å². The monoisotopic (exact) mass is 641 g/mol. The van der Waals surface area contributed by atoms with Crippen molar-refractivity contribution in [2.75, 3.05) is 36.5 Å². The van der Waals surface area contributed by atoms with Crippen LogP contribution in [-0.4, -0.2) is 93.5 Å². The summed E-state index contributed by atoms with van der Waals surface area (Å²) < 4.78 is 81.7. The van der Waals surface area contributed by atoms with Crippen molar-refractivity contribution in [3.8, 4) is 11.8 Å². The van der Waals surface area contributed by atoms with Crippen molar-refractivity contribution in [1.82, 2.24) is 29.6 Å². The molecule has 5 rings (SSSR count). The maximum Gasteiger partial charge on any atom is 0.446 e. The Hall–Kier alpha value is -3.29. The molecule has 0 bridgehead atoms. The molecule has 2 aliphatic rings. The third-order valence-electron chi connectivity index (χ3n) is 7.22. The van der Waals surface area contributed by atoms with Crippen LogP contribution in [0, 0.1) is 11.8 Å². The Bertz CT molecular complexity index is 1670. The molecule has 0 unspecified atom stereocenters. The smallest absolute Gasteiger partial charge is 0.364 e. The van der Waals surface area contributed by atoms with E-state index in [1.807, 2.05) is 25.7 Å². The molecule has 2 atom stereocenters. The predicted octanol–water partition coefficient (Wildman–Crippen LogP) is 3.30. The van der Waals surface area contributed by atoms with Crippen LogP contribution in [0.3, 0.4) is 0 Å². The van der Waals surface area contributed by atoms with Gasteiger partial charge in [0.15, 0.2) is 9.84 Å². The lowest BCUT2D eigenvalue weighted by Gasteiger charge is -2.42. The fraction of sp³-hybridized carbons (Fsp3) is 0.519. The lowest BCUT2D eigenvalue weighted by Crippen LogP contribution is -2.59. The number of hydrogen-bond acceptors (Lipinski definition) is 8. The van der Waals surface area contributed by atoms with E-state index >= 15 is 4.39 Å². The van der Waals surface area contributed by atoms with Gasteiger partial charge in [-0.05, 0) is 57.0 Å². The van der Waals surface area contributed by atoms with Gasteiger partial charge in [-0.2, -0.15) is 23.4 Å². The molecule has 16 heteroatoms. The van der Waals surface area contributed by atoms with Crippen LogP contribution in [0.5, 0.6) is 0 Å². The van der Waals surface area contributed by atoms with Crippen LogP contribution in [0.4, 0.5) is 23.4 Å². The van der Waals surface area contributed by atoms with E-state index in [0.29, 0.717) is 24.3 Å². The van der Waals surface area contributed by atoms with Crippen molar-refractivity contribution < 1.29 is 30.8 Å². The Morgan fingerprint density at radius 3 is 2.58 bits per heavy atom. The van der Waals surface area contributed by atoms with Crippen LogP contribution < -0.4 is 10.6 Å². The second-order valence-corrected chi connectivity index (χ2v) is 14.8. The summed E-state index contributed by atoms with van der Waals surface area (Å²) in [4.78, 5) is 14.1. The number of likely N-dealkylation sites (tertiary alicyclic amines) is 1. The number of thioether (sulfide) groups is 1. The molecule has 2 saturated heterocycles. The largest absolute Gasteiger partial charge is 0.446 e. The van der Waals surface area contributed by atoms with Gasteiger partial charge in [0.05, 0.1) is 51.8 Å². The number of pyridine rings is 1. The quantitative estimate of drug-likeness (QED) is 0.240. The highest BCUT2D eigenvalue weighted by Crippen LogP contribution is 2.41. The lowest BCUT2D eigenvalue weighted by molar-refractivity contribution is -0.0327. The topological polar surface area (TPSA) is 114 Å². The van der Waals surface area contributed by atoms with Crippen molar-refractivity contribution in [3.05, 3.63) is 41.9 Å². The molecule has 43 heavy (non-hydrogen) atoms. The Kier molecular flexibility index (Phi) is 8.45. The summed E-state index contributed by atoms with van der Waals surface area (Å²) in [7, 11) is -3.04. The molecular formula is C27H31F4N7O3S2. The molecule has 2 N–H and O–H groups in total. The number of nitrogens with zero attached hydrogens (tertiary/aromatic N) is 5. The van der Waals surface area contributed by atoms with Gasteiger partial charge in [-0.3, -0.25) is 14.4 Å². The number of halogens is 4. The molecule has 2 aliphatic heterocycles. The van der Waals surface area contributed by atoms with Gasteiger partial charge in [-0.1, -0.05) is 12.0 Å². The van der Waals surface area contributed by atoms with Gasteiger partial charge in [-0.25, -0.2) is 17.3 Å². The maximum atomic E-state index is 15.2. The number of sulfone groups is 1. The van der Waals surface area contributed by atoms with Gasteiger partial charge >= 0.3 is 5.51 Å². The van der Waals surface area contributed by atoms with Crippen molar-refractivity contribution in [1.29, 1.82) is 0 Å². The molecule has 0 spiro atoms. The maximum absolute atomic E-state index is 15.2. The molecule has 10 nitrogen and oxygen atoms in total. The summed E-state index contributed by atoms with van der Waals surface area (Å²) in [6.07, 6.45) is 2.07. The zero-order valence-electron chi connectivity index (χ0n) is 23.7. The first-order valence-electron chi connectivity index (χ1n) is 13.5. The molecule has 1 amide bonds. The van der Waals surface area contributed by atoms with E-state index in [0.717, 1.165) is 0 Å². The Morgan fingerprint density at radius 2 is 1.95 bits per heavy atom. The molecule has 0 radical (unpaired) electrons. The number of piperidine rings is 1. The Morgan fingerprint density at radius 1 is 1.21 bits per heavy atom. The number of fused-ring (bicyclic) bond motifs is 1. The SMILES string of the molecule is CC(C)(C)n1cc(C(=O)NCC#Cc2nn3c(N[C@@H]4CCN(C5CS(=O)(=O)C5)C[C@@H]4F)cccc3c2SC(F)(F)F)cn1. The van der Waals surface area contributed by atoms with Crippen LogP contribution in [0.15, 0.2) is 35.5 Å². The lowest BCUT2D eigenvalue weighted by atomic mass is 10.0. The van der Waals surface area contributed by atoms with E-state index in [1.54, 1.807) is 23.0 Å². The molecule has 2 fully saturated rings. The molecular weight excluding hydrogens is 610 g/mol. The molecule has 0 saturated carbocycles. The van der Waals surface area contributed by atoms with Crippen molar-refractivity contribution in [3.63, 3.8) is 0 Å². The standard InChI is InChI=1S/C27H31F4N7O3S2/c1-26(2,3)37-13-17(12-33-37)25(39)32-10-5-6-21-24(42-27(29,30)31)22-7-4-8-23(38(22)35-21)34-20-9-11-36(14-19(20)28)18-15-43(40,41)16-18/h4,7-8,12-13,18-20,34H,9-11,14-16H2,1-3H3,(H,32,39)/t19-,20+/m0/s1. The molecule has 0 aromatic carbocycles. The van der Waals surface area contributed by atoms with Gasteiger partial charge in [0.25, 0.3) is 5.91 Å². The summed E-state index contributed by atoms with van der Waals surface area (Å²) in [6, 6.07) is 3.78. The highest BCUT2D eigenvalue weighted by Gasteiger charge is 2.41. The number of anilines is 1. The fourth-order valence-electron chi connectivity index (χ4n) is 4.98. The number of carbonyl (C=O) groups excluding carboxylic acids is 1. The molecule has 0 aliphatic carbocycles. The summed E-state index contributed by atoms with van der Waals surface area (Å²) in [5.41, 5.74) is -4.60. The first-order chi connectivity index (χ1) is 20.1. The third-order valence-corrected chi connectivity index (χ3v) is 9.84. The van der Waals surface area contributed by atoms with Gasteiger partial charge < -0.3 is 10.6 Å². The second-order valence-electron chi connectivity index (χ2n) is 11.5. The first-order valence-corrected chi connectivity index (χ1v) is 16.2. The minimum atomic E-state index is -4.61. The van der Waals surface area contributed by atoms with Crippen LogP contribution in [-0.2, 0) is 15.4 Å². The molecule has 232 valence electrons. The van der Waals surface area contributed by atoms with Gasteiger partial charge in [0.1, 0.15) is 17.7 Å². The average Bonchev–Trinajstić information content (AvgIpc) is 3.52. The number of carbonyl (C=O) groups is 1. The van der Waals surface area contributed by atoms with Crippen LogP contribution in [0.1, 0.15) is 43.2 Å².